The fourth-order valence-electron chi connectivity index (χ4n) is 1.69. The number of hydrogen-bond acceptors (Lipinski definition) is 6. The Morgan fingerprint density at radius 2 is 2.04 bits per heavy atom. The predicted octanol–water partition coefficient (Wildman–Crippen LogP) is 2.42. The summed E-state index contributed by atoms with van der Waals surface area (Å²) >= 11 is 0.408. The Hall–Kier alpha value is -2.41. The lowest BCUT2D eigenvalue weighted by Crippen LogP contribution is -2.41. The first-order valence-corrected chi connectivity index (χ1v) is 7.73. The molecular weight excluding hydrogens is 359 g/mol. The minimum atomic E-state index is -5.27. The van der Waals surface area contributed by atoms with E-state index in [2.05, 4.69) is 16.8 Å². The fraction of sp³-hybridized carbons (Fsp3) is 0.250. The number of aromatic nitrogens is 1. The third-order valence-electron chi connectivity index (χ3n) is 2.90. The zero-order valence-corrected chi connectivity index (χ0v) is 13.6. The van der Waals surface area contributed by atoms with Crippen molar-refractivity contribution in [1.29, 1.82) is 0 Å². The zero-order valence-electron chi connectivity index (χ0n) is 12.8. The molecule has 0 atom stereocenters. The molecule has 0 amide bonds. The predicted molar refractivity (Wildman–Crippen MR) is 82.7 cm³/mol. The first-order valence-electron chi connectivity index (χ1n) is 6.92. The van der Waals surface area contributed by atoms with E-state index in [9.17, 15) is 18.0 Å². The summed E-state index contributed by atoms with van der Waals surface area (Å²) in [6.07, 6.45) is -4.27. The Morgan fingerprint density at radius 3 is 2.68 bits per heavy atom. The van der Waals surface area contributed by atoms with Crippen molar-refractivity contribution < 1.29 is 32.9 Å². The number of hydrogen-bond donors (Lipinski definition) is 2. The standard InChI is InChI=1S/C16H12F3NO4S/c1-2-24-13(21)11-5-3-4-10(8-11)6-7-12-9-20-14(25-12)15(22,23)16(17,18)19/h3-5,8-9,22-23H,2H2,1H3. The van der Waals surface area contributed by atoms with Crippen LogP contribution in [0.15, 0.2) is 30.5 Å². The van der Waals surface area contributed by atoms with Crippen LogP contribution in [0.3, 0.4) is 0 Å². The second kappa shape index (κ2) is 7.23. The molecular formula is C16H12F3NO4S. The first kappa shape index (κ1) is 18.9. The molecule has 0 spiro atoms. The van der Waals surface area contributed by atoms with Crippen molar-refractivity contribution >= 4 is 17.3 Å². The second-order valence-electron chi connectivity index (χ2n) is 4.75. The van der Waals surface area contributed by atoms with Crippen molar-refractivity contribution in [3.63, 3.8) is 0 Å². The van der Waals surface area contributed by atoms with Crippen LogP contribution in [0.2, 0.25) is 0 Å². The molecule has 9 heteroatoms. The molecule has 0 fully saturated rings. The van der Waals surface area contributed by atoms with Gasteiger partial charge in [0.25, 0.3) is 0 Å². The minimum absolute atomic E-state index is 0.105. The lowest BCUT2D eigenvalue weighted by atomic mass is 10.1. The molecule has 0 aliphatic heterocycles. The maximum Gasteiger partial charge on any atom is 0.450 e. The van der Waals surface area contributed by atoms with Gasteiger partial charge in [-0.05, 0) is 31.0 Å². The zero-order chi connectivity index (χ0) is 18.7. The van der Waals surface area contributed by atoms with Crippen molar-refractivity contribution in [3.8, 4) is 11.8 Å². The van der Waals surface area contributed by atoms with Gasteiger partial charge in [-0.25, -0.2) is 9.78 Å². The van der Waals surface area contributed by atoms with Crippen LogP contribution in [-0.4, -0.2) is 33.9 Å². The molecule has 0 aliphatic rings. The normalized spacial score (nSPS) is 11.6. The Morgan fingerprint density at radius 1 is 1.32 bits per heavy atom. The van der Waals surface area contributed by atoms with Gasteiger partial charge in [0.2, 0.25) is 0 Å². The first-order chi connectivity index (χ1) is 11.6. The van der Waals surface area contributed by atoms with Crippen LogP contribution < -0.4 is 0 Å². The molecule has 0 bridgehead atoms. The van der Waals surface area contributed by atoms with Gasteiger partial charge in [0.15, 0.2) is 5.01 Å². The molecule has 5 nitrogen and oxygen atoms in total. The smallest absolute Gasteiger partial charge is 0.450 e. The Bertz CT molecular complexity index is 834. The summed E-state index contributed by atoms with van der Waals surface area (Å²) in [5.41, 5.74) is 0.732. The highest BCUT2D eigenvalue weighted by atomic mass is 32.1. The lowest BCUT2D eigenvalue weighted by molar-refractivity contribution is -0.358. The van der Waals surface area contributed by atoms with Gasteiger partial charge in [0, 0.05) is 5.56 Å². The van der Waals surface area contributed by atoms with Crippen LogP contribution >= 0.6 is 11.3 Å². The van der Waals surface area contributed by atoms with Crippen molar-refractivity contribution in [2.45, 2.75) is 18.9 Å². The summed E-state index contributed by atoms with van der Waals surface area (Å²) in [6, 6.07) is 6.22. The molecule has 1 heterocycles. The molecule has 132 valence electrons. The summed E-state index contributed by atoms with van der Waals surface area (Å²) in [7, 11) is 0. The molecule has 0 saturated carbocycles. The van der Waals surface area contributed by atoms with Crippen LogP contribution in [0.4, 0.5) is 13.2 Å². The summed E-state index contributed by atoms with van der Waals surface area (Å²) in [4.78, 5) is 15.1. The van der Waals surface area contributed by atoms with Crippen molar-refractivity contribution in [2.75, 3.05) is 6.61 Å². The Labute approximate surface area is 144 Å². The van der Waals surface area contributed by atoms with E-state index in [1.165, 1.54) is 6.07 Å². The van der Waals surface area contributed by atoms with Gasteiger partial charge >= 0.3 is 17.9 Å². The number of aliphatic hydroxyl groups is 2. The molecule has 2 N–H and O–H groups in total. The molecule has 1 aromatic carbocycles. The van der Waals surface area contributed by atoms with Gasteiger partial charge < -0.3 is 14.9 Å². The number of alkyl halides is 3. The highest BCUT2D eigenvalue weighted by Gasteiger charge is 2.56. The molecule has 2 rings (SSSR count). The number of carbonyl (C=O) groups is 1. The van der Waals surface area contributed by atoms with Crippen LogP contribution in [-0.2, 0) is 10.5 Å². The van der Waals surface area contributed by atoms with E-state index in [0.29, 0.717) is 22.5 Å². The number of benzene rings is 1. The maximum absolute atomic E-state index is 12.5. The van der Waals surface area contributed by atoms with Gasteiger partial charge in [0.05, 0.1) is 23.2 Å². The third kappa shape index (κ3) is 4.36. The third-order valence-corrected chi connectivity index (χ3v) is 3.91. The van der Waals surface area contributed by atoms with Gasteiger partial charge in [-0.15, -0.1) is 11.3 Å². The number of esters is 1. The van der Waals surface area contributed by atoms with Crippen molar-refractivity contribution in [1.82, 2.24) is 4.98 Å². The SMILES string of the molecule is CCOC(=O)c1cccc(C#Cc2cnc(C(O)(O)C(F)(F)F)s2)c1. The second-order valence-corrected chi connectivity index (χ2v) is 5.78. The number of thiazole rings is 1. The van der Waals surface area contributed by atoms with Gasteiger partial charge in [-0.1, -0.05) is 12.0 Å². The molecule has 0 aliphatic carbocycles. The molecule has 0 saturated heterocycles. The highest BCUT2D eigenvalue weighted by molar-refractivity contribution is 7.12. The van der Waals surface area contributed by atoms with Crippen molar-refractivity contribution in [3.05, 3.63) is 51.5 Å². The number of rotatable bonds is 3. The highest BCUT2D eigenvalue weighted by Crippen LogP contribution is 2.38. The molecule has 25 heavy (non-hydrogen) atoms. The van der Waals surface area contributed by atoms with E-state index in [1.54, 1.807) is 25.1 Å². The van der Waals surface area contributed by atoms with E-state index in [4.69, 9.17) is 14.9 Å². The lowest BCUT2D eigenvalue weighted by Gasteiger charge is -2.21. The van der Waals surface area contributed by atoms with Crippen LogP contribution in [0, 0.1) is 11.8 Å². The fourth-order valence-corrected chi connectivity index (χ4v) is 2.47. The van der Waals surface area contributed by atoms with E-state index < -0.39 is 22.9 Å². The summed E-state index contributed by atoms with van der Waals surface area (Å²) in [5.74, 6) is 0.699. The Balaban J connectivity index is 2.23. The minimum Gasteiger partial charge on any atom is -0.462 e. The van der Waals surface area contributed by atoms with Crippen LogP contribution in [0.1, 0.15) is 32.7 Å². The molecule has 1 aromatic heterocycles. The van der Waals surface area contributed by atoms with Crippen LogP contribution in [0.5, 0.6) is 0 Å². The topological polar surface area (TPSA) is 79.7 Å². The summed E-state index contributed by atoms with van der Waals surface area (Å²) < 4.78 is 42.5. The van der Waals surface area contributed by atoms with Gasteiger partial charge in [-0.2, -0.15) is 13.2 Å². The number of carbonyl (C=O) groups excluding carboxylic acids is 1. The maximum atomic E-state index is 12.5. The van der Waals surface area contributed by atoms with Crippen LogP contribution in [0.25, 0.3) is 0 Å². The average Bonchev–Trinajstić information content (AvgIpc) is 3.02. The van der Waals surface area contributed by atoms with Gasteiger partial charge in [-0.3, -0.25) is 0 Å². The molecule has 0 radical (unpaired) electrons. The number of ether oxygens (including phenoxy) is 1. The molecule has 2 aromatic rings. The number of nitrogens with zero attached hydrogens (tertiary/aromatic N) is 1. The largest absolute Gasteiger partial charge is 0.462 e. The van der Waals surface area contributed by atoms with E-state index in [-0.39, 0.29) is 11.5 Å². The number of halogens is 3. The monoisotopic (exact) mass is 371 g/mol. The average molecular weight is 371 g/mol. The summed E-state index contributed by atoms with van der Waals surface area (Å²) in [5, 5.41) is 17.4. The van der Waals surface area contributed by atoms with Gasteiger partial charge in [0.1, 0.15) is 0 Å². The van der Waals surface area contributed by atoms with E-state index >= 15 is 0 Å². The van der Waals surface area contributed by atoms with E-state index in [0.717, 1.165) is 6.20 Å². The summed E-state index contributed by atoms with van der Waals surface area (Å²) in [6.45, 7) is 1.90. The quantitative estimate of drug-likeness (QED) is 0.492. The Kier molecular flexibility index (Phi) is 5.47. The van der Waals surface area contributed by atoms with Crippen molar-refractivity contribution in [2.24, 2.45) is 0 Å². The molecule has 0 unspecified atom stereocenters. The van der Waals surface area contributed by atoms with E-state index in [1.807, 2.05) is 0 Å².